The summed E-state index contributed by atoms with van der Waals surface area (Å²) in [6.07, 6.45) is 3.36. The Bertz CT molecular complexity index is 355. The minimum absolute atomic E-state index is 0.0171. The van der Waals surface area contributed by atoms with Gasteiger partial charge in [0.2, 0.25) is 0 Å². The molecule has 2 aliphatic carbocycles. The Morgan fingerprint density at radius 2 is 1.89 bits per heavy atom. The molecule has 18 heavy (non-hydrogen) atoms. The molecule has 3 nitrogen and oxygen atoms in total. The predicted octanol–water partition coefficient (Wildman–Crippen LogP) is 1.86. The van der Waals surface area contributed by atoms with Gasteiger partial charge in [-0.1, -0.05) is 19.4 Å². The van der Waals surface area contributed by atoms with E-state index in [9.17, 15) is 15.3 Å². The summed E-state index contributed by atoms with van der Waals surface area (Å²) in [7, 11) is 0. The lowest BCUT2D eigenvalue weighted by Gasteiger charge is -2.31. The molecular weight excluding hydrogens is 228 g/mol. The zero-order valence-corrected chi connectivity index (χ0v) is 11.7. The molecule has 3 N–H and O–H groups in total. The van der Waals surface area contributed by atoms with Gasteiger partial charge in [-0.15, -0.1) is 0 Å². The molecule has 0 aliphatic heterocycles. The lowest BCUT2D eigenvalue weighted by Crippen LogP contribution is -2.33. The van der Waals surface area contributed by atoms with Crippen LogP contribution in [0.4, 0.5) is 0 Å². The van der Waals surface area contributed by atoms with Crippen LogP contribution in [0.3, 0.4) is 0 Å². The normalized spacial score (nSPS) is 39.7. The fraction of sp³-hybridized carbons (Fsp3) is 0.867. The van der Waals surface area contributed by atoms with Crippen LogP contribution < -0.4 is 0 Å². The van der Waals surface area contributed by atoms with Crippen LogP contribution >= 0.6 is 0 Å². The number of aliphatic hydroxyl groups excluding tert-OH is 2. The first-order chi connectivity index (χ1) is 8.30. The zero-order chi connectivity index (χ0) is 13.6. The van der Waals surface area contributed by atoms with Gasteiger partial charge < -0.3 is 15.3 Å². The predicted molar refractivity (Wildman–Crippen MR) is 71.1 cm³/mol. The van der Waals surface area contributed by atoms with Crippen LogP contribution in [-0.4, -0.2) is 34.1 Å². The average molecular weight is 254 g/mol. The molecule has 0 radical (unpaired) electrons. The van der Waals surface area contributed by atoms with E-state index in [1.807, 2.05) is 6.92 Å². The first-order valence-electron chi connectivity index (χ1n) is 6.96. The second-order valence-corrected chi connectivity index (χ2v) is 7.08. The molecule has 0 heterocycles. The van der Waals surface area contributed by atoms with Crippen molar-refractivity contribution in [1.82, 2.24) is 0 Å². The Labute approximate surface area is 110 Å². The van der Waals surface area contributed by atoms with Gasteiger partial charge in [-0.2, -0.15) is 0 Å². The van der Waals surface area contributed by atoms with Crippen LogP contribution in [-0.2, 0) is 0 Å². The van der Waals surface area contributed by atoms with Crippen LogP contribution in [0.5, 0.6) is 0 Å². The van der Waals surface area contributed by atoms with Crippen molar-refractivity contribution >= 4 is 0 Å². The molecule has 3 atom stereocenters. The van der Waals surface area contributed by atoms with Gasteiger partial charge in [0.1, 0.15) is 0 Å². The summed E-state index contributed by atoms with van der Waals surface area (Å²) < 4.78 is 0. The van der Waals surface area contributed by atoms with Gasteiger partial charge in [-0.3, -0.25) is 0 Å². The van der Waals surface area contributed by atoms with E-state index in [-0.39, 0.29) is 30.5 Å². The monoisotopic (exact) mass is 254 g/mol. The SMILES string of the molecule is CC1(C)CC2=C(CO)C(CO)CCC(C)(O)C2C1. The van der Waals surface area contributed by atoms with Crippen molar-refractivity contribution in [3.05, 3.63) is 11.1 Å². The molecule has 1 fully saturated rings. The number of hydrogen-bond donors (Lipinski definition) is 3. The highest BCUT2D eigenvalue weighted by atomic mass is 16.3. The molecular formula is C15H26O3. The molecule has 0 saturated heterocycles. The average Bonchev–Trinajstić information content (AvgIpc) is 2.56. The van der Waals surface area contributed by atoms with E-state index in [1.54, 1.807) is 0 Å². The third-order valence-corrected chi connectivity index (χ3v) is 4.89. The number of fused-ring (bicyclic) bond motifs is 1. The molecule has 104 valence electrons. The standard InChI is InChI=1S/C15H26O3/c1-14(2)6-11-12(9-17)10(8-16)4-5-15(3,18)13(11)7-14/h10,13,16-18H,4-9H2,1-3H3. The summed E-state index contributed by atoms with van der Waals surface area (Å²) in [5.74, 6) is 0.168. The molecule has 0 aromatic carbocycles. The Morgan fingerprint density at radius 1 is 1.22 bits per heavy atom. The van der Waals surface area contributed by atoms with Gasteiger partial charge in [0.05, 0.1) is 12.2 Å². The zero-order valence-electron chi connectivity index (χ0n) is 11.7. The third kappa shape index (κ3) is 2.36. The van der Waals surface area contributed by atoms with Crippen molar-refractivity contribution < 1.29 is 15.3 Å². The largest absolute Gasteiger partial charge is 0.396 e. The van der Waals surface area contributed by atoms with Crippen LogP contribution in [0.15, 0.2) is 11.1 Å². The first-order valence-corrected chi connectivity index (χ1v) is 6.96. The Balaban J connectivity index is 2.46. The van der Waals surface area contributed by atoms with Crippen LogP contribution in [0.2, 0.25) is 0 Å². The summed E-state index contributed by atoms with van der Waals surface area (Å²) in [5.41, 5.74) is 1.68. The smallest absolute Gasteiger partial charge is 0.0685 e. The van der Waals surface area contributed by atoms with Crippen LogP contribution in [0, 0.1) is 17.3 Å². The van der Waals surface area contributed by atoms with E-state index in [0.717, 1.165) is 24.8 Å². The van der Waals surface area contributed by atoms with E-state index < -0.39 is 5.60 Å². The van der Waals surface area contributed by atoms with Gasteiger partial charge in [0, 0.05) is 18.4 Å². The summed E-state index contributed by atoms with van der Waals surface area (Å²) >= 11 is 0. The maximum atomic E-state index is 10.7. The van der Waals surface area contributed by atoms with Crippen molar-refractivity contribution in [3.8, 4) is 0 Å². The Kier molecular flexibility index (Phi) is 3.60. The molecule has 0 amide bonds. The minimum Gasteiger partial charge on any atom is -0.396 e. The fourth-order valence-electron chi connectivity index (χ4n) is 3.83. The van der Waals surface area contributed by atoms with Crippen LogP contribution in [0.25, 0.3) is 0 Å². The quantitative estimate of drug-likeness (QED) is 0.659. The fourth-order valence-corrected chi connectivity index (χ4v) is 3.83. The van der Waals surface area contributed by atoms with Gasteiger partial charge in [-0.05, 0) is 43.6 Å². The maximum Gasteiger partial charge on any atom is 0.0685 e. The summed E-state index contributed by atoms with van der Waals surface area (Å²) in [6, 6.07) is 0. The van der Waals surface area contributed by atoms with E-state index in [1.165, 1.54) is 5.57 Å². The van der Waals surface area contributed by atoms with E-state index in [4.69, 9.17) is 0 Å². The van der Waals surface area contributed by atoms with Crippen molar-refractivity contribution in [1.29, 1.82) is 0 Å². The Hall–Kier alpha value is -0.380. The number of aliphatic hydroxyl groups is 3. The highest BCUT2D eigenvalue weighted by Gasteiger charge is 2.47. The summed E-state index contributed by atoms with van der Waals surface area (Å²) in [4.78, 5) is 0. The number of rotatable bonds is 2. The lowest BCUT2D eigenvalue weighted by atomic mass is 9.81. The second-order valence-electron chi connectivity index (χ2n) is 7.08. The summed E-state index contributed by atoms with van der Waals surface area (Å²) in [5, 5.41) is 29.9. The van der Waals surface area contributed by atoms with E-state index >= 15 is 0 Å². The molecule has 2 rings (SSSR count). The van der Waals surface area contributed by atoms with E-state index in [2.05, 4.69) is 13.8 Å². The van der Waals surface area contributed by atoms with E-state index in [0.29, 0.717) is 6.42 Å². The second kappa shape index (κ2) is 4.62. The van der Waals surface area contributed by atoms with Crippen molar-refractivity contribution in [2.24, 2.45) is 17.3 Å². The topological polar surface area (TPSA) is 60.7 Å². The van der Waals surface area contributed by atoms with Gasteiger partial charge in [-0.25, -0.2) is 0 Å². The third-order valence-electron chi connectivity index (χ3n) is 4.89. The molecule has 0 aromatic rings. The molecule has 0 bridgehead atoms. The number of hydrogen-bond acceptors (Lipinski definition) is 3. The first kappa shape index (κ1) is 14.0. The molecule has 1 saturated carbocycles. The molecule has 2 aliphatic rings. The molecule has 0 spiro atoms. The molecule has 0 aromatic heterocycles. The molecule has 3 unspecified atom stereocenters. The Morgan fingerprint density at radius 3 is 2.44 bits per heavy atom. The van der Waals surface area contributed by atoms with Gasteiger partial charge in [0.15, 0.2) is 0 Å². The summed E-state index contributed by atoms with van der Waals surface area (Å²) in [6.45, 7) is 6.43. The van der Waals surface area contributed by atoms with Gasteiger partial charge >= 0.3 is 0 Å². The van der Waals surface area contributed by atoms with Crippen molar-refractivity contribution in [2.45, 2.75) is 52.1 Å². The maximum absolute atomic E-state index is 10.7. The highest BCUT2D eigenvalue weighted by molar-refractivity contribution is 5.30. The highest BCUT2D eigenvalue weighted by Crippen LogP contribution is 2.53. The van der Waals surface area contributed by atoms with Crippen molar-refractivity contribution in [3.63, 3.8) is 0 Å². The van der Waals surface area contributed by atoms with Crippen LogP contribution in [0.1, 0.15) is 46.5 Å². The molecule has 3 heteroatoms. The van der Waals surface area contributed by atoms with Crippen molar-refractivity contribution in [2.75, 3.05) is 13.2 Å². The minimum atomic E-state index is -0.701. The lowest BCUT2D eigenvalue weighted by molar-refractivity contribution is 0.000242. The van der Waals surface area contributed by atoms with Gasteiger partial charge in [0.25, 0.3) is 0 Å².